The van der Waals surface area contributed by atoms with Crippen molar-refractivity contribution in [2.45, 2.75) is 57.6 Å². The Hall–Kier alpha value is -2.30. The van der Waals surface area contributed by atoms with Gasteiger partial charge in [-0.15, -0.1) is 0 Å². The van der Waals surface area contributed by atoms with Crippen LogP contribution in [0.3, 0.4) is 0 Å². The summed E-state index contributed by atoms with van der Waals surface area (Å²) < 4.78 is 5.34. The van der Waals surface area contributed by atoms with Crippen LogP contribution in [0.25, 0.3) is 10.9 Å². The van der Waals surface area contributed by atoms with E-state index < -0.39 is 12.1 Å². The van der Waals surface area contributed by atoms with E-state index in [1.54, 1.807) is 13.0 Å². The summed E-state index contributed by atoms with van der Waals surface area (Å²) in [5.74, 6) is -0.660. The van der Waals surface area contributed by atoms with Crippen molar-refractivity contribution in [1.82, 2.24) is 10.3 Å². The number of H-pyrrole nitrogens is 1. The van der Waals surface area contributed by atoms with Crippen molar-refractivity contribution in [1.29, 1.82) is 0 Å². The molecule has 0 saturated heterocycles. The number of carbonyl (C=O) groups excluding carboxylic acids is 2. The van der Waals surface area contributed by atoms with E-state index in [-0.39, 0.29) is 11.9 Å². The van der Waals surface area contributed by atoms with Gasteiger partial charge in [0.25, 0.3) is 5.91 Å². The van der Waals surface area contributed by atoms with E-state index in [4.69, 9.17) is 4.74 Å². The van der Waals surface area contributed by atoms with Crippen LogP contribution in [-0.2, 0) is 22.4 Å². The lowest BCUT2D eigenvalue weighted by Gasteiger charge is -2.13. The molecule has 5 heteroatoms. The van der Waals surface area contributed by atoms with Crippen molar-refractivity contribution < 1.29 is 14.3 Å². The number of benzene rings is 1. The molecule has 0 radical (unpaired) electrons. The highest BCUT2D eigenvalue weighted by atomic mass is 16.5. The van der Waals surface area contributed by atoms with Crippen molar-refractivity contribution in [3.63, 3.8) is 0 Å². The highest BCUT2D eigenvalue weighted by Gasteiger charge is 2.27. The second-order valence-electron chi connectivity index (χ2n) is 6.88. The number of carbonyl (C=O) groups is 2. The zero-order valence-corrected chi connectivity index (χ0v) is 13.9. The molecule has 2 aliphatic rings. The molecule has 5 nitrogen and oxygen atoms in total. The van der Waals surface area contributed by atoms with Crippen molar-refractivity contribution in [3.8, 4) is 0 Å². The Labute approximate surface area is 140 Å². The molecule has 1 aromatic carbocycles. The second-order valence-corrected chi connectivity index (χ2v) is 6.88. The molecular weight excluding hydrogens is 304 g/mol. The Morgan fingerprint density at radius 3 is 2.83 bits per heavy atom. The molecule has 126 valence electrons. The van der Waals surface area contributed by atoms with Gasteiger partial charge in [0.1, 0.15) is 0 Å². The van der Waals surface area contributed by atoms with Crippen LogP contribution < -0.4 is 5.32 Å². The fourth-order valence-corrected chi connectivity index (χ4v) is 3.36. The fourth-order valence-electron chi connectivity index (χ4n) is 3.36. The second kappa shape index (κ2) is 5.96. The summed E-state index contributed by atoms with van der Waals surface area (Å²) >= 11 is 0. The van der Waals surface area contributed by atoms with Gasteiger partial charge in [-0.3, -0.25) is 4.79 Å². The summed E-state index contributed by atoms with van der Waals surface area (Å²) in [6, 6.07) is 5.85. The van der Waals surface area contributed by atoms with E-state index in [1.165, 1.54) is 24.1 Å². The van der Waals surface area contributed by atoms with Crippen LogP contribution in [-0.4, -0.2) is 29.0 Å². The van der Waals surface area contributed by atoms with Crippen molar-refractivity contribution in [2.75, 3.05) is 0 Å². The molecule has 1 aromatic heterocycles. The minimum atomic E-state index is -0.770. The molecule has 1 amide bonds. The first kappa shape index (κ1) is 15.2. The third-order valence-corrected chi connectivity index (χ3v) is 4.91. The number of rotatable bonds is 4. The van der Waals surface area contributed by atoms with Gasteiger partial charge < -0.3 is 15.0 Å². The van der Waals surface area contributed by atoms with Crippen LogP contribution in [0.5, 0.6) is 0 Å². The molecule has 2 N–H and O–H groups in total. The molecule has 1 heterocycles. The number of nitrogens with one attached hydrogen (secondary N) is 2. The van der Waals surface area contributed by atoms with Crippen LogP contribution in [0.1, 0.15) is 54.2 Å². The average molecular weight is 326 g/mol. The first-order valence-corrected chi connectivity index (χ1v) is 8.76. The lowest BCUT2D eigenvalue weighted by Crippen LogP contribution is -2.37. The van der Waals surface area contributed by atoms with E-state index in [1.807, 2.05) is 12.1 Å². The van der Waals surface area contributed by atoms with E-state index >= 15 is 0 Å². The van der Waals surface area contributed by atoms with E-state index in [0.29, 0.717) is 5.56 Å². The largest absolute Gasteiger partial charge is 0.449 e. The minimum Gasteiger partial charge on any atom is -0.449 e. The highest BCUT2D eigenvalue weighted by Crippen LogP contribution is 2.30. The van der Waals surface area contributed by atoms with Crippen molar-refractivity contribution in [2.24, 2.45) is 0 Å². The Morgan fingerprint density at radius 1 is 1.25 bits per heavy atom. The molecule has 1 atom stereocenters. The van der Waals surface area contributed by atoms with Crippen LogP contribution in [0.15, 0.2) is 18.2 Å². The summed E-state index contributed by atoms with van der Waals surface area (Å²) in [4.78, 5) is 27.8. The van der Waals surface area contributed by atoms with Crippen LogP contribution >= 0.6 is 0 Å². The standard InChI is InChI=1S/C19H22N2O3/c1-11(18(22)20-13-7-8-13)24-19(23)12-6-9-17-15(10-12)14-4-2-3-5-16(14)21-17/h6,9-11,13,21H,2-5,7-8H2,1H3,(H,20,22). The lowest BCUT2D eigenvalue weighted by atomic mass is 9.95. The third-order valence-electron chi connectivity index (χ3n) is 4.91. The summed E-state index contributed by atoms with van der Waals surface area (Å²) in [6.07, 6.45) is 5.78. The molecule has 0 spiro atoms. The van der Waals surface area contributed by atoms with Gasteiger partial charge >= 0.3 is 5.97 Å². The number of aryl methyl sites for hydroxylation is 2. The maximum absolute atomic E-state index is 12.4. The molecule has 24 heavy (non-hydrogen) atoms. The molecule has 0 bridgehead atoms. The first-order valence-electron chi connectivity index (χ1n) is 8.76. The molecule has 1 fully saturated rings. The van der Waals surface area contributed by atoms with Gasteiger partial charge in [0, 0.05) is 22.6 Å². The molecule has 1 saturated carbocycles. The van der Waals surface area contributed by atoms with Gasteiger partial charge in [0.2, 0.25) is 0 Å². The summed E-state index contributed by atoms with van der Waals surface area (Å²) in [5, 5.41) is 3.96. The predicted molar refractivity (Wildman–Crippen MR) is 91.0 cm³/mol. The topological polar surface area (TPSA) is 71.2 Å². The minimum absolute atomic E-state index is 0.217. The lowest BCUT2D eigenvalue weighted by molar-refractivity contribution is -0.129. The fraction of sp³-hybridized carbons (Fsp3) is 0.474. The van der Waals surface area contributed by atoms with Crippen LogP contribution in [0.4, 0.5) is 0 Å². The van der Waals surface area contributed by atoms with E-state index in [2.05, 4.69) is 10.3 Å². The number of aromatic nitrogens is 1. The average Bonchev–Trinajstić information content (AvgIpc) is 3.32. The SMILES string of the molecule is CC(OC(=O)c1ccc2[nH]c3c(c2c1)CCCC3)C(=O)NC1CC1. The summed E-state index contributed by atoms with van der Waals surface area (Å²) in [6.45, 7) is 1.62. The zero-order chi connectivity index (χ0) is 16.7. The number of ether oxygens (including phenoxy) is 1. The Kier molecular flexibility index (Phi) is 3.79. The zero-order valence-electron chi connectivity index (χ0n) is 13.9. The normalized spacial score (nSPS) is 18.0. The third kappa shape index (κ3) is 2.90. The van der Waals surface area contributed by atoms with Crippen LogP contribution in [0, 0.1) is 0 Å². The Bertz CT molecular complexity index is 804. The van der Waals surface area contributed by atoms with Gasteiger partial charge in [-0.25, -0.2) is 4.79 Å². The molecule has 1 unspecified atom stereocenters. The number of amides is 1. The predicted octanol–water partition coefficient (Wildman–Crippen LogP) is 2.87. The molecule has 0 aliphatic heterocycles. The van der Waals surface area contributed by atoms with Crippen molar-refractivity contribution >= 4 is 22.8 Å². The summed E-state index contributed by atoms with van der Waals surface area (Å²) in [7, 11) is 0. The number of esters is 1. The highest BCUT2D eigenvalue weighted by molar-refractivity contribution is 5.97. The number of aromatic amines is 1. The molecule has 2 aromatic rings. The van der Waals surface area contributed by atoms with E-state index in [0.717, 1.165) is 36.6 Å². The smallest absolute Gasteiger partial charge is 0.338 e. The maximum atomic E-state index is 12.4. The molecular formula is C19H22N2O3. The van der Waals surface area contributed by atoms with Gasteiger partial charge in [-0.1, -0.05) is 0 Å². The monoisotopic (exact) mass is 326 g/mol. The maximum Gasteiger partial charge on any atom is 0.338 e. The quantitative estimate of drug-likeness (QED) is 0.849. The molecule has 2 aliphatic carbocycles. The van der Waals surface area contributed by atoms with Crippen LogP contribution in [0.2, 0.25) is 0 Å². The summed E-state index contributed by atoms with van der Waals surface area (Å²) in [5.41, 5.74) is 4.18. The Balaban J connectivity index is 1.52. The van der Waals surface area contributed by atoms with Gasteiger partial charge in [0.15, 0.2) is 6.10 Å². The van der Waals surface area contributed by atoms with Gasteiger partial charge in [-0.05, 0) is 69.2 Å². The van der Waals surface area contributed by atoms with Gasteiger partial charge in [-0.2, -0.15) is 0 Å². The number of hydrogen-bond donors (Lipinski definition) is 2. The van der Waals surface area contributed by atoms with E-state index in [9.17, 15) is 9.59 Å². The molecule has 4 rings (SSSR count). The number of hydrogen-bond acceptors (Lipinski definition) is 3. The first-order chi connectivity index (χ1) is 11.6. The number of fused-ring (bicyclic) bond motifs is 3. The Morgan fingerprint density at radius 2 is 2.04 bits per heavy atom. The van der Waals surface area contributed by atoms with Gasteiger partial charge in [0.05, 0.1) is 5.56 Å². The van der Waals surface area contributed by atoms with Crippen molar-refractivity contribution in [3.05, 3.63) is 35.0 Å².